The molecule has 1 aromatic heterocycles. The van der Waals surface area contributed by atoms with E-state index >= 15 is 0 Å². The van der Waals surface area contributed by atoms with Crippen LogP contribution in [0.15, 0.2) is 54.6 Å². The second kappa shape index (κ2) is 5.57. The Kier molecular flexibility index (Phi) is 3.61. The number of fused-ring (bicyclic) bond motifs is 1. The third kappa shape index (κ3) is 2.89. The van der Waals surface area contributed by atoms with Crippen LogP contribution in [0.4, 0.5) is 0 Å². The molecule has 0 radical (unpaired) electrons. The molecular weight excluding hydrogens is 258 g/mol. The maximum atomic E-state index is 5.89. The van der Waals surface area contributed by atoms with Crippen LogP contribution in [0.1, 0.15) is 30.9 Å². The van der Waals surface area contributed by atoms with Crippen molar-refractivity contribution in [3.05, 3.63) is 65.7 Å². The lowest BCUT2D eigenvalue weighted by molar-refractivity contribution is 0.464. The van der Waals surface area contributed by atoms with E-state index in [-0.39, 0.29) is 0 Å². The highest BCUT2D eigenvalue weighted by Crippen LogP contribution is 2.26. The molecule has 0 N–H and O–H groups in total. The average molecular weight is 277 g/mol. The predicted octanol–water partition coefficient (Wildman–Crippen LogP) is 5.46. The molecule has 3 rings (SSSR count). The van der Waals surface area contributed by atoms with E-state index < -0.39 is 0 Å². The molecule has 0 saturated carbocycles. The van der Waals surface area contributed by atoms with Gasteiger partial charge in [-0.05, 0) is 42.2 Å². The van der Waals surface area contributed by atoms with Crippen molar-refractivity contribution in [1.29, 1.82) is 0 Å². The number of pyridine rings is 1. The molecule has 3 aromatic rings. The molecule has 0 fully saturated rings. The van der Waals surface area contributed by atoms with E-state index in [1.54, 1.807) is 0 Å². The van der Waals surface area contributed by atoms with Crippen molar-refractivity contribution in [2.45, 2.75) is 26.7 Å². The largest absolute Gasteiger partial charge is 0.439 e. The lowest BCUT2D eigenvalue weighted by atomic mass is 10.0. The van der Waals surface area contributed by atoms with Crippen molar-refractivity contribution in [2.24, 2.45) is 0 Å². The third-order valence-electron chi connectivity index (χ3n) is 3.67. The second-order valence-electron chi connectivity index (χ2n) is 5.62. The van der Waals surface area contributed by atoms with Crippen molar-refractivity contribution in [1.82, 2.24) is 4.98 Å². The molecule has 0 atom stereocenters. The first-order valence-corrected chi connectivity index (χ1v) is 7.27. The highest BCUT2D eigenvalue weighted by atomic mass is 16.5. The Hall–Kier alpha value is -2.35. The summed E-state index contributed by atoms with van der Waals surface area (Å²) in [7, 11) is 0. The van der Waals surface area contributed by atoms with Crippen LogP contribution in [0.25, 0.3) is 10.9 Å². The summed E-state index contributed by atoms with van der Waals surface area (Å²) in [6, 6.07) is 18.3. The molecule has 0 bridgehead atoms. The van der Waals surface area contributed by atoms with Gasteiger partial charge in [0.25, 0.3) is 0 Å². The van der Waals surface area contributed by atoms with Crippen LogP contribution in [0.5, 0.6) is 11.6 Å². The van der Waals surface area contributed by atoms with E-state index in [1.165, 1.54) is 16.5 Å². The molecule has 0 aliphatic heterocycles. The molecule has 0 amide bonds. The highest BCUT2D eigenvalue weighted by Gasteiger charge is 2.05. The van der Waals surface area contributed by atoms with Gasteiger partial charge in [-0.1, -0.05) is 44.2 Å². The van der Waals surface area contributed by atoms with E-state index in [0.29, 0.717) is 11.8 Å². The number of para-hydroxylation sites is 1. The monoisotopic (exact) mass is 277 g/mol. The van der Waals surface area contributed by atoms with Gasteiger partial charge in [0.05, 0.1) is 5.52 Å². The standard InChI is InChI=1S/C19H19NO/c1-13(2)15-8-10-16(11-9-15)21-19-12-14(3)17-6-4-5-7-18(17)20-19/h4-13H,1-3H3. The van der Waals surface area contributed by atoms with Gasteiger partial charge in [0.1, 0.15) is 5.75 Å². The number of aryl methyl sites for hydroxylation is 1. The fraction of sp³-hybridized carbons (Fsp3) is 0.211. The van der Waals surface area contributed by atoms with Gasteiger partial charge in [-0.2, -0.15) is 0 Å². The van der Waals surface area contributed by atoms with Crippen LogP contribution in [-0.4, -0.2) is 4.98 Å². The van der Waals surface area contributed by atoms with E-state index in [2.05, 4.69) is 44.0 Å². The molecule has 2 nitrogen and oxygen atoms in total. The Bertz CT molecular complexity index is 760. The number of nitrogens with zero attached hydrogens (tertiary/aromatic N) is 1. The minimum atomic E-state index is 0.528. The maximum Gasteiger partial charge on any atom is 0.220 e. The Balaban J connectivity index is 1.91. The number of hydrogen-bond donors (Lipinski definition) is 0. The average Bonchev–Trinajstić information content (AvgIpc) is 2.48. The molecular formula is C19H19NO. The van der Waals surface area contributed by atoms with Crippen molar-refractivity contribution < 1.29 is 4.74 Å². The molecule has 1 heterocycles. The molecule has 0 saturated heterocycles. The van der Waals surface area contributed by atoms with E-state index in [1.807, 2.05) is 36.4 Å². The number of ether oxygens (including phenoxy) is 1. The molecule has 0 aliphatic carbocycles. The fourth-order valence-corrected chi connectivity index (χ4v) is 2.41. The molecule has 106 valence electrons. The Morgan fingerprint density at radius 2 is 1.67 bits per heavy atom. The number of aromatic nitrogens is 1. The van der Waals surface area contributed by atoms with Crippen molar-refractivity contribution in [3.63, 3.8) is 0 Å². The van der Waals surface area contributed by atoms with Crippen LogP contribution in [-0.2, 0) is 0 Å². The predicted molar refractivity (Wildman–Crippen MR) is 87.1 cm³/mol. The maximum absolute atomic E-state index is 5.89. The summed E-state index contributed by atoms with van der Waals surface area (Å²) in [5, 5.41) is 1.17. The zero-order valence-corrected chi connectivity index (χ0v) is 12.6. The number of hydrogen-bond acceptors (Lipinski definition) is 2. The summed E-state index contributed by atoms with van der Waals surface area (Å²) in [5.74, 6) is 1.99. The lowest BCUT2D eigenvalue weighted by Gasteiger charge is -2.10. The van der Waals surface area contributed by atoms with Crippen LogP contribution >= 0.6 is 0 Å². The molecule has 0 aliphatic rings. The molecule has 0 spiro atoms. The van der Waals surface area contributed by atoms with Crippen LogP contribution < -0.4 is 4.74 Å². The van der Waals surface area contributed by atoms with E-state index in [9.17, 15) is 0 Å². The topological polar surface area (TPSA) is 22.1 Å². The van der Waals surface area contributed by atoms with Gasteiger partial charge >= 0.3 is 0 Å². The second-order valence-corrected chi connectivity index (χ2v) is 5.62. The van der Waals surface area contributed by atoms with Crippen LogP contribution in [0.2, 0.25) is 0 Å². The van der Waals surface area contributed by atoms with Gasteiger partial charge in [0, 0.05) is 11.5 Å². The first-order valence-electron chi connectivity index (χ1n) is 7.27. The first-order chi connectivity index (χ1) is 10.1. The minimum Gasteiger partial charge on any atom is -0.439 e. The van der Waals surface area contributed by atoms with Crippen molar-refractivity contribution in [2.75, 3.05) is 0 Å². The summed E-state index contributed by atoms with van der Waals surface area (Å²) in [4.78, 5) is 4.57. The minimum absolute atomic E-state index is 0.528. The van der Waals surface area contributed by atoms with Crippen molar-refractivity contribution in [3.8, 4) is 11.6 Å². The SMILES string of the molecule is Cc1cc(Oc2ccc(C(C)C)cc2)nc2ccccc12. The molecule has 21 heavy (non-hydrogen) atoms. The molecule has 0 unspecified atom stereocenters. The quantitative estimate of drug-likeness (QED) is 0.634. The summed E-state index contributed by atoms with van der Waals surface area (Å²) < 4.78 is 5.89. The smallest absolute Gasteiger partial charge is 0.220 e. The summed E-state index contributed by atoms with van der Waals surface area (Å²) in [5.41, 5.74) is 3.45. The molecule has 2 aromatic carbocycles. The van der Waals surface area contributed by atoms with Gasteiger partial charge in [-0.25, -0.2) is 4.98 Å². The Morgan fingerprint density at radius 1 is 0.952 bits per heavy atom. The van der Waals surface area contributed by atoms with Crippen molar-refractivity contribution >= 4 is 10.9 Å². The molecule has 2 heteroatoms. The first kappa shape index (κ1) is 13.6. The Labute approximate surface area is 125 Å². The lowest BCUT2D eigenvalue weighted by Crippen LogP contribution is -1.92. The fourth-order valence-electron chi connectivity index (χ4n) is 2.41. The van der Waals surface area contributed by atoms with E-state index in [0.717, 1.165) is 11.3 Å². The Morgan fingerprint density at radius 3 is 2.38 bits per heavy atom. The van der Waals surface area contributed by atoms with Gasteiger partial charge in [0.15, 0.2) is 0 Å². The third-order valence-corrected chi connectivity index (χ3v) is 3.67. The zero-order chi connectivity index (χ0) is 14.8. The van der Waals surface area contributed by atoms with E-state index in [4.69, 9.17) is 4.74 Å². The highest BCUT2D eigenvalue weighted by molar-refractivity contribution is 5.82. The number of benzene rings is 2. The normalized spacial score (nSPS) is 11.0. The zero-order valence-electron chi connectivity index (χ0n) is 12.6. The van der Waals surface area contributed by atoms with Crippen LogP contribution in [0, 0.1) is 6.92 Å². The van der Waals surface area contributed by atoms with Gasteiger partial charge in [-0.15, -0.1) is 0 Å². The summed E-state index contributed by atoms with van der Waals surface area (Å²) in [6.07, 6.45) is 0. The number of rotatable bonds is 3. The summed E-state index contributed by atoms with van der Waals surface area (Å²) >= 11 is 0. The van der Waals surface area contributed by atoms with Crippen LogP contribution in [0.3, 0.4) is 0 Å². The summed E-state index contributed by atoms with van der Waals surface area (Å²) in [6.45, 7) is 6.45. The van der Waals surface area contributed by atoms with Gasteiger partial charge in [0.2, 0.25) is 5.88 Å². The van der Waals surface area contributed by atoms with Gasteiger partial charge < -0.3 is 4.74 Å². The van der Waals surface area contributed by atoms with Gasteiger partial charge in [-0.3, -0.25) is 0 Å².